The molecule has 1 aliphatic heterocycles. The van der Waals surface area contributed by atoms with Gasteiger partial charge >= 0.3 is 5.97 Å². The van der Waals surface area contributed by atoms with Crippen molar-refractivity contribution < 1.29 is 23.9 Å². The third-order valence-electron chi connectivity index (χ3n) is 4.00. The molecule has 1 aromatic heterocycles. The van der Waals surface area contributed by atoms with Crippen LogP contribution in [0.15, 0.2) is 42.7 Å². The Morgan fingerprint density at radius 2 is 2.04 bits per heavy atom. The Morgan fingerprint density at radius 3 is 2.64 bits per heavy atom. The molecule has 0 spiro atoms. The molecule has 1 aliphatic rings. The number of hydrogen-bond acceptors (Lipinski definition) is 7. The normalized spacial score (nSPS) is 14.8. The van der Waals surface area contributed by atoms with Gasteiger partial charge < -0.3 is 10.1 Å². The number of carbonyl (C=O) groups is 4. The van der Waals surface area contributed by atoms with Gasteiger partial charge in [-0.25, -0.2) is 9.48 Å². The van der Waals surface area contributed by atoms with E-state index in [4.69, 9.17) is 4.74 Å². The molecule has 1 atom stereocenters. The summed E-state index contributed by atoms with van der Waals surface area (Å²) < 4.78 is 6.82. The van der Waals surface area contributed by atoms with Crippen LogP contribution in [0.5, 0.6) is 0 Å². The molecule has 0 saturated carbocycles. The molecule has 0 unspecified atom stereocenters. The number of imide groups is 1. The van der Waals surface area contributed by atoms with Crippen molar-refractivity contribution in [2.75, 3.05) is 18.8 Å². The molecule has 1 N–H and O–H groups in total. The van der Waals surface area contributed by atoms with Crippen LogP contribution in [-0.2, 0) is 14.3 Å². The summed E-state index contributed by atoms with van der Waals surface area (Å²) in [6, 6.07) is 8.40. The van der Waals surface area contributed by atoms with Crippen molar-refractivity contribution in [2.45, 2.75) is 13.0 Å². The largest absolute Gasteiger partial charge is 0.449 e. The quantitative estimate of drug-likeness (QED) is 0.694. The minimum absolute atomic E-state index is 0.0892. The average molecular weight is 402 g/mol. The molecule has 3 rings (SSSR count). The van der Waals surface area contributed by atoms with Gasteiger partial charge in [0, 0.05) is 25.5 Å². The molecular formula is C18H18N4O5S. The summed E-state index contributed by atoms with van der Waals surface area (Å²) in [6.45, 7) is 1.64. The van der Waals surface area contributed by atoms with Crippen LogP contribution in [0.25, 0.3) is 5.69 Å². The zero-order valence-electron chi connectivity index (χ0n) is 15.0. The number of nitrogens with one attached hydrogen (secondary N) is 1. The summed E-state index contributed by atoms with van der Waals surface area (Å²) in [5.41, 5.74) is 1.09. The van der Waals surface area contributed by atoms with Crippen molar-refractivity contribution in [1.82, 2.24) is 20.0 Å². The monoisotopic (exact) mass is 402 g/mol. The molecule has 3 amide bonds. The highest BCUT2D eigenvalue weighted by Gasteiger charge is 2.29. The molecule has 1 fully saturated rings. The van der Waals surface area contributed by atoms with Crippen molar-refractivity contribution in [3.63, 3.8) is 0 Å². The summed E-state index contributed by atoms with van der Waals surface area (Å²) in [4.78, 5) is 48.3. The number of benzene rings is 1. The third-order valence-corrected chi connectivity index (χ3v) is 4.86. The van der Waals surface area contributed by atoms with Gasteiger partial charge in [0.15, 0.2) is 6.10 Å². The molecule has 1 aromatic carbocycles. The van der Waals surface area contributed by atoms with Gasteiger partial charge in [0.05, 0.1) is 17.0 Å². The maximum absolute atomic E-state index is 12.2. The molecule has 0 radical (unpaired) electrons. The van der Waals surface area contributed by atoms with Crippen LogP contribution in [0.2, 0.25) is 0 Å². The number of nitrogens with zero attached hydrogens (tertiary/aromatic N) is 3. The maximum atomic E-state index is 12.2. The van der Waals surface area contributed by atoms with E-state index in [-0.39, 0.29) is 30.0 Å². The Hall–Kier alpha value is -3.14. The Morgan fingerprint density at radius 1 is 1.29 bits per heavy atom. The molecule has 10 heteroatoms. The van der Waals surface area contributed by atoms with E-state index in [0.717, 1.165) is 22.3 Å². The van der Waals surface area contributed by atoms with E-state index < -0.39 is 18.0 Å². The van der Waals surface area contributed by atoms with E-state index in [1.807, 2.05) is 0 Å². The number of thioether (sulfide) groups is 1. The molecule has 2 aromatic rings. The summed E-state index contributed by atoms with van der Waals surface area (Å²) in [5, 5.41) is 6.33. The topological polar surface area (TPSA) is 111 Å². The molecule has 0 aliphatic carbocycles. The van der Waals surface area contributed by atoms with Gasteiger partial charge in [0.25, 0.3) is 11.1 Å². The highest BCUT2D eigenvalue weighted by atomic mass is 32.2. The van der Waals surface area contributed by atoms with E-state index in [0.29, 0.717) is 5.56 Å². The fourth-order valence-corrected chi connectivity index (χ4v) is 3.24. The highest BCUT2D eigenvalue weighted by molar-refractivity contribution is 8.14. The van der Waals surface area contributed by atoms with Gasteiger partial charge in [-0.3, -0.25) is 19.3 Å². The summed E-state index contributed by atoms with van der Waals surface area (Å²) >= 11 is 0.935. The Bertz CT molecular complexity index is 866. The minimum Gasteiger partial charge on any atom is -0.449 e. The SMILES string of the molecule is C[C@H](OC(=O)c1ccc(-n2cccn2)cc1)C(=O)NCCN1C(=O)CSC1=O. The first-order valence-electron chi connectivity index (χ1n) is 8.51. The lowest BCUT2D eigenvalue weighted by atomic mass is 10.2. The van der Waals surface area contributed by atoms with Gasteiger partial charge in [-0.15, -0.1) is 0 Å². The number of carbonyl (C=O) groups excluding carboxylic acids is 4. The summed E-state index contributed by atoms with van der Waals surface area (Å²) in [5.74, 6) is -1.29. The van der Waals surface area contributed by atoms with E-state index in [9.17, 15) is 19.2 Å². The number of ether oxygens (including phenoxy) is 1. The van der Waals surface area contributed by atoms with Crippen LogP contribution >= 0.6 is 11.8 Å². The van der Waals surface area contributed by atoms with Crippen molar-refractivity contribution in [3.8, 4) is 5.69 Å². The smallest absolute Gasteiger partial charge is 0.338 e. The molecule has 1 saturated heterocycles. The fraction of sp³-hybridized carbons (Fsp3) is 0.278. The van der Waals surface area contributed by atoms with Crippen molar-refractivity contribution in [3.05, 3.63) is 48.3 Å². The van der Waals surface area contributed by atoms with Gasteiger partial charge in [0.2, 0.25) is 5.91 Å². The lowest BCUT2D eigenvalue weighted by Gasteiger charge is -2.16. The third kappa shape index (κ3) is 4.58. The van der Waals surface area contributed by atoms with E-state index in [1.165, 1.54) is 6.92 Å². The number of amides is 3. The first-order valence-corrected chi connectivity index (χ1v) is 9.50. The van der Waals surface area contributed by atoms with E-state index >= 15 is 0 Å². The molecule has 9 nitrogen and oxygen atoms in total. The van der Waals surface area contributed by atoms with E-state index in [1.54, 1.807) is 47.4 Å². The van der Waals surface area contributed by atoms with E-state index in [2.05, 4.69) is 10.4 Å². The lowest BCUT2D eigenvalue weighted by molar-refractivity contribution is -0.130. The van der Waals surface area contributed by atoms with Crippen molar-refractivity contribution in [2.24, 2.45) is 0 Å². The zero-order valence-corrected chi connectivity index (χ0v) is 15.8. The minimum atomic E-state index is -1.02. The number of aromatic nitrogens is 2. The van der Waals surface area contributed by atoms with Crippen LogP contribution < -0.4 is 5.32 Å². The predicted molar refractivity (Wildman–Crippen MR) is 101 cm³/mol. The fourth-order valence-electron chi connectivity index (χ4n) is 2.49. The standard InChI is InChI=1S/C18H18N4O5S/c1-12(16(24)19-8-10-21-15(23)11-28-18(21)26)27-17(25)13-3-5-14(6-4-13)22-9-2-7-20-22/h2-7,9,12H,8,10-11H2,1H3,(H,19,24)/t12-/m0/s1. The average Bonchev–Trinajstić information content (AvgIpc) is 3.33. The maximum Gasteiger partial charge on any atom is 0.338 e. The highest BCUT2D eigenvalue weighted by Crippen LogP contribution is 2.17. The van der Waals surface area contributed by atoms with Gasteiger partial charge in [0.1, 0.15) is 0 Å². The summed E-state index contributed by atoms with van der Waals surface area (Å²) in [6.07, 6.45) is 2.41. The second kappa shape index (κ2) is 8.70. The van der Waals surface area contributed by atoms with Gasteiger partial charge in [-0.2, -0.15) is 5.10 Å². The Balaban J connectivity index is 1.47. The molecule has 0 bridgehead atoms. The second-order valence-electron chi connectivity index (χ2n) is 5.94. The first-order chi connectivity index (χ1) is 13.5. The van der Waals surface area contributed by atoms with Crippen LogP contribution in [0.3, 0.4) is 0 Å². The molecular weight excluding hydrogens is 384 g/mol. The Kier molecular flexibility index (Phi) is 6.09. The number of esters is 1. The predicted octanol–water partition coefficient (Wildman–Crippen LogP) is 1.23. The Labute approximate surface area is 165 Å². The molecule has 146 valence electrons. The lowest BCUT2D eigenvalue weighted by Crippen LogP contribution is -2.41. The first kappa shape index (κ1) is 19.6. The second-order valence-corrected chi connectivity index (χ2v) is 6.86. The van der Waals surface area contributed by atoms with Crippen LogP contribution in [0.1, 0.15) is 17.3 Å². The van der Waals surface area contributed by atoms with Crippen LogP contribution in [-0.4, -0.2) is 62.6 Å². The van der Waals surface area contributed by atoms with Crippen LogP contribution in [0.4, 0.5) is 4.79 Å². The zero-order chi connectivity index (χ0) is 20.1. The number of rotatable bonds is 7. The van der Waals surface area contributed by atoms with Gasteiger partial charge in [-0.05, 0) is 37.3 Å². The van der Waals surface area contributed by atoms with Crippen molar-refractivity contribution >= 4 is 34.8 Å². The number of hydrogen-bond donors (Lipinski definition) is 1. The molecule has 28 heavy (non-hydrogen) atoms. The van der Waals surface area contributed by atoms with Crippen LogP contribution in [0, 0.1) is 0 Å². The molecule has 2 heterocycles. The summed E-state index contributed by atoms with van der Waals surface area (Å²) in [7, 11) is 0. The van der Waals surface area contributed by atoms with Crippen molar-refractivity contribution in [1.29, 1.82) is 0 Å². The van der Waals surface area contributed by atoms with Gasteiger partial charge in [-0.1, -0.05) is 11.8 Å².